The fraction of sp³-hybridized carbons (Fsp3) is 0.526. The average Bonchev–Trinajstić information content (AvgIpc) is 3.00. The number of carbonyl (C=O) groups is 3. The standard InChI is InChI=1S/C19H23NO4/c1-2-17(21)12-7-9-13(10-8-12)18(22)20-15-6-4-3-5-14(15)11-16(20)19(23)24/h7-10,14-16H,2-6,11H2,1H3,(H,23,24). The van der Waals surface area contributed by atoms with Gasteiger partial charge in [-0.3, -0.25) is 9.59 Å². The summed E-state index contributed by atoms with van der Waals surface area (Å²) in [4.78, 5) is 37.9. The molecule has 3 rings (SSSR count). The van der Waals surface area contributed by atoms with E-state index in [1.807, 2.05) is 0 Å². The van der Waals surface area contributed by atoms with Crippen molar-refractivity contribution in [1.29, 1.82) is 0 Å². The van der Waals surface area contributed by atoms with Crippen LogP contribution in [0.4, 0.5) is 0 Å². The van der Waals surface area contributed by atoms with Crippen LogP contribution >= 0.6 is 0 Å². The van der Waals surface area contributed by atoms with Gasteiger partial charge < -0.3 is 10.0 Å². The molecular weight excluding hydrogens is 306 g/mol. The molecule has 5 heteroatoms. The number of ketones is 1. The van der Waals surface area contributed by atoms with Crippen LogP contribution in [0.15, 0.2) is 24.3 Å². The molecule has 5 nitrogen and oxygen atoms in total. The van der Waals surface area contributed by atoms with Gasteiger partial charge in [-0.2, -0.15) is 0 Å². The van der Waals surface area contributed by atoms with E-state index in [0.717, 1.165) is 25.7 Å². The molecule has 2 aliphatic rings. The Morgan fingerprint density at radius 3 is 2.33 bits per heavy atom. The Labute approximate surface area is 141 Å². The first-order valence-electron chi connectivity index (χ1n) is 8.71. The Morgan fingerprint density at radius 2 is 1.71 bits per heavy atom. The molecule has 3 unspecified atom stereocenters. The molecule has 3 atom stereocenters. The Bertz CT molecular complexity index is 652. The monoisotopic (exact) mass is 329 g/mol. The van der Waals surface area contributed by atoms with Crippen LogP contribution in [0.1, 0.15) is 66.2 Å². The van der Waals surface area contributed by atoms with Gasteiger partial charge in [0.05, 0.1) is 0 Å². The van der Waals surface area contributed by atoms with Crippen LogP contribution in [0.5, 0.6) is 0 Å². The lowest BCUT2D eigenvalue weighted by atomic mass is 9.84. The highest BCUT2D eigenvalue weighted by Gasteiger charge is 2.47. The number of hydrogen-bond acceptors (Lipinski definition) is 3. The van der Waals surface area contributed by atoms with Crippen molar-refractivity contribution < 1.29 is 19.5 Å². The van der Waals surface area contributed by atoms with Crippen molar-refractivity contribution in [1.82, 2.24) is 4.90 Å². The summed E-state index contributed by atoms with van der Waals surface area (Å²) in [5.41, 5.74) is 1.04. The number of carboxylic acids is 1. The Kier molecular flexibility index (Phi) is 4.69. The third kappa shape index (κ3) is 2.95. The van der Waals surface area contributed by atoms with Gasteiger partial charge in [-0.05, 0) is 37.3 Å². The molecule has 24 heavy (non-hydrogen) atoms. The summed E-state index contributed by atoms with van der Waals surface area (Å²) in [6, 6.07) is 5.89. The first kappa shape index (κ1) is 16.7. The Hall–Kier alpha value is -2.17. The molecule has 1 aliphatic heterocycles. The molecule has 1 amide bonds. The van der Waals surface area contributed by atoms with Gasteiger partial charge in [-0.15, -0.1) is 0 Å². The number of carboxylic acid groups (broad SMARTS) is 1. The molecule has 1 saturated carbocycles. The summed E-state index contributed by atoms with van der Waals surface area (Å²) in [5, 5.41) is 9.54. The van der Waals surface area contributed by atoms with Crippen LogP contribution in [0.2, 0.25) is 0 Å². The first-order chi connectivity index (χ1) is 11.5. The van der Waals surface area contributed by atoms with Crippen molar-refractivity contribution in [3.8, 4) is 0 Å². The van der Waals surface area contributed by atoms with E-state index >= 15 is 0 Å². The number of Topliss-reactive ketones (excluding diaryl/α,β-unsaturated/α-hetero) is 1. The highest BCUT2D eigenvalue weighted by Crippen LogP contribution is 2.40. The molecule has 0 spiro atoms. The molecule has 128 valence electrons. The van der Waals surface area contributed by atoms with Gasteiger partial charge in [0.25, 0.3) is 5.91 Å². The predicted molar refractivity (Wildman–Crippen MR) is 89.0 cm³/mol. The van der Waals surface area contributed by atoms with Crippen LogP contribution < -0.4 is 0 Å². The average molecular weight is 329 g/mol. The van der Waals surface area contributed by atoms with Crippen LogP contribution in [-0.4, -0.2) is 39.7 Å². The summed E-state index contributed by atoms with van der Waals surface area (Å²) >= 11 is 0. The van der Waals surface area contributed by atoms with Crippen LogP contribution in [0.25, 0.3) is 0 Å². The van der Waals surface area contributed by atoms with Gasteiger partial charge in [0, 0.05) is 23.6 Å². The predicted octanol–water partition coefficient (Wildman–Crippen LogP) is 3.14. The molecule has 2 fully saturated rings. The molecule has 0 aromatic heterocycles. The molecule has 1 heterocycles. The fourth-order valence-electron chi connectivity index (χ4n) is 4.12. The number of fused-ring (bicyclic) bond motifs is 1. The quantitative estimate of drug-likeness (QED) is 0.861. The van der Waals surface area contributed by atoms with E-state index in [-0.39, 0.29) is 17.7 Å². The van der Waals surface area contributed by atoms with Crippen molar-refractivity contribution in [2.75, 3.05) is 0 Å². The Balaban J connectivity index is 1.86. The molecule has 1 aromatic rings. The van der Waals surface area contributed by atoms with E-state index in [4.69, 9.17) is 0 Å². The van der Waals surface area contributed by atoms with Crippen molar-refractivity contribution in [3.63, 3.8) is 0 Å². The van der Waals surface area contributed by atoms with Crippen LogP contribution in [0.3, 0.4) is 0 Å². The zero-order valence-corrected chi connectivity index (χ0v) is 13.9. The number of benzene rings is 1. The SMILES string of the molecule is CCC(=O)c1ccc(C(=O)N2C(C(=O)O)CC3CCCCC32)cc1. The number of likely N-dealkylation sites (tertiary alicyclic amines) is 1. The van der Waals surface area contributed by atoms with Crippen molar-refractivity contribution in [3.05, 3.63) is 35.4 Å². The van der Waals surface area contributed by atoms with Gasteiger partial charge in [0.15, 0.2) is 5.78 Å². The second kappa shape index (κ2) is 6.75. The van der Waals surface area contributed by atoms with E-state index in [1.54, 1.807) is 36.1 Å². The maximum atomic E-state index is 12.9. The minimum atomic E-state index is -0.921. The molecule has 1 aliphatic carbocycles. The van der Waals surface area contributed by atoms with E-state index in [1.165, 1.54) is 0 Å². The first-order valence-corrected chi connectivity index (χ1v) is 8.71. The minimum absolute atomic E-state index is 0.0318. The highest BCUT2D eigenvalue weighted by atomic mass is 16.4. The smallest absolute Gasteiger partial charge is 0.326 e. The fourth-order valence-corrected chi connectivity index (χ4v) is 4.12. The molecule has 0 bridgehead atoms. The number of nitrogens with zero attached hydrogens (tertiary/aromatic N) is 1. The van der Waals surface area contributed by atoms with Gasteiger partial charge in [0.1, 0.15) is 6.04 Å². The van der Waals surface area contributed by atoms with E-state index in [2.05, 4.69) is 0 Å². The second-order valence-corrected chi connectivity index (χ2v) is 6.77. The third-order valence-corrected chi connectivity index (χ3v) is 5.38. The Morgan fingerprint density at radius 1 is 1.08 bits per heavy atom. The lowest BCUT2D eigenvalue weighted by molar-refractivity contribution is -0.141. The zero-order valence-electron chi connectivity index (χ0n) is 13.9. The second-order valence-electron chi connectivity index (χ2n) is 6.77. The molecule has 1 saturated heterocycles. The van der Waals surface area contributed by atoms with Crippen LogP contribution in [-0.2, 0) is 4.79 Å². The van der Waals surface area contributed by atoms with Gasteiger partial charge in [-0.1, -0.05) is 31.9 Å². The van der Waals surface area contributed by atoms with E-state index < -0.39 is 12.0 Å². The summed E-state index contributed by atoms with van der Waals surface area (Å²) in [7, 11) is 0. The van der Waals surface area contributed by atoms with Crippen LogP contribution in [0, 0.1) is 5.92 Å². The maximum absolute atomic E-state index is 12.9. The lowest BCUT2D eigenvalue weighted by Gasteiger charge is -2.33. The number of rotatable bonds is 4. The molecule has 0 radical (unpaired) electrons. The van der Waals surface area contributed by atoms with Gasteiger partial charge in [0.2, 0.25) is 0 Å². The number of hydrogen-bond donors (Lipinski definition) is 1. The summed E-state index contributed by atoms with van der Waals surface area (Å²) in [5.74, 6) is -0.821. The summed E-state index contributed by atoms with van der Waals surface area (Å²) < 4.78 is 0. The summed E-state index contributed by atoms with van der Waals surface area (Å²) in [6.07, 6.45) is 5.02. The van der Waals surface area contributed by atoms with Gasteiger partial charge >= 0.3 is 5.97 Å². The van der Waals surface area contributed by atoms with Crippen molar-refractivity contribution in [2.45, 2.75) is 57.5 Å². The van der Waals surface area contributed by atoms with Crippen molar-refractivity contribution in [2.24, 2.45) is 5.92 Å². The lowest BCUT2D eigenvalue weighted by Crippen LogP contribution is -2.46. The molecular formula is C19H23NO4. The highest BCUT2D eigenvalue weighted by molar-refractivity contribution is 6.00. The molecule has 1 aromatic carbocycles. The normalized spacial score (nSPS) is 26.0. The van der Waals surface area contributed by atoms with E-state index in [0.29, 0.717) is 29.9 Å². The maximum Gasteiger partial charge on any atom is 0.326 e. The summed E-state index contributed by atoms with van der Waals surface area (Å²) in [6.45, 7) is 1.80. The third-order valence-electron chi connectivity index (χ3n) is 5.38. The largest absolute Gasteiger partial charge is 0.480 e. The van der Waals surface area contributed by atoms with Crippen molar-refractivity contribution >= 4 is 17.7 Å². The number of carbonyl (C=O) groups excluding carboxylic acids is 2. The number of amides is 1. The topological polar surface area (TPSA) is 74.7 Å². The zero-order chi connectivity index (χ0) is 17.3. The minimum Gasteiger partial charge on any atom is -0.480 e. The van der Waals surface area contributed by atoms with Gasteiger partial charge in [-0.25, -0.2) is 4.79 Å². The molecule has 1 N–H and O–H groups in total. The van der Waals surface area contributed by atoms with E-state index in [9.17, 15) is 19.5 Å². The number of aliphatic carboxylic acids is 1.